The third-order valence-electron chi connectivity index (χ3n) is 4.22. The van der Waals surface area contributed by atoms with Crippen molar-refractivity contribution in [2.75, 3.05) is 6.61 Å². The average Bonchev–Trinajstić information content (AvgIpc) is 2.61. The van der Waals surface area contributed by atoms with Gasteiger partial charge in [-0.15, -0.1) is 0 Å². The molecular weight excluding hydrogens is 364 g/mol. The molecule has 8 heteroatoms. The molecule has 2 atom stereocenters. The van der Waals surface area contributed by atoms with E-state index in [-0.39, 0.29) is 29.6 Å². The lowest BCUT2D eigenvalue weighted by molar-refractivity contribution is -0.121. The highest BCUT2D eigenvalue weighted by Gasteiger charge is 2.32. The van der Waals surface area contributed by atoms with Crippen molar-refractivity contribution in [3.8, 4) is 12.1 Å². The van der Waals surface area contributed by atoms with Crippen molar-refractivity contribution in [3.63, 3.8) is 0 Å². The van der Waals surface area contributed by atoms with Crippen LogP contribution in [-0.2, 0) is 9.53 Å². The summed E-state index contributed by atoms with van der Waals surface area (Å²) in [4.78, 5) is 28.8. The van der Waals surface area contributed by atoms with Crippen molar-refractivity contribution in [1.82, 2.24) is 10.3 Å². The van der Waals surface area contributed by atoms with E-state index >= 15 is 0 Å². The molecular formula is C19H24N4O3S. The molecule has 144 valence electrons. The number of aryl methyl sites for hydroxylation is 1. The number of carbonyl (C=O) groups excluding carboxylic acids is 2. The Labute approximate surface area is 164 Å². The molecule has 0 bridgehead atoms. The molecule has 1 aromatic heterocycles. The number of pyridine rings is 1. The number of ether oxygens (including phenoxy) is 1. The monoisotopic (exact) mass is 388 g/mol. The molecule has 0 unspecified atom stereocenters. The number of nitriles is 2. The highest BCUT2D eigenvalue weighted by Crippen LogP contribution is 2.28. The number of rotatable bonds is 7. The van der Waals surface area contributed by atoms with Crippen molar-refractivity contribution in [2.45, 2.75) is 57.4 Å². The molecule has 1 amide bonds. The SMILES string of the molecule is CCOC(=O)c1cc(C#N)c(S[C@@H](C)C(=O)N[C@@](C)(C#N)C(C)C)nc1C. The largest absolute Gasteiger partial charge is 0.462 e. The molecule has 1 N–H and O–H groups in total. The minimum atomic E-state index is -0.985. The summed E-state index contributed by atoms with van der Waals surface area (Å²) in [5.41, 5.74) is -0.139. The van der Waals surface area contributed by atoms with Gasteiger partial charge in [-0.3, -0.25) is 4.79 Å². The summed E-state index contributed by atoms with van der Waals surface area (Å²) in [6.07, 6.45) is 0. The van der Waals surface area contributed by atoms with E-state index in [1.54, 1.807) is 27.7 Å². The maximum absolute atomic E-state index is 12.5. The lowest BCUT2D eigenvalue weighted by atomic mass is 9.90. The van der Waals surface area contributed by atoms with Gasteiger partial charge in [0.05, 0.1) is 34.7 Å². The van der Waals surface area contributed by atoms with Crippen LogP contribution in [0.5, 0.6) is 0 Å². The molecule has 0 spiro atoms. The number of esters is 1. The summed E-state index contributed by atoms with van der Waals surface area (Å²) in [6.45, 7) is 10.6. The Morgan fingerprint density at radius 1 is 1.37 bits per heavy atom. The second kappa shape index (κ2) is 9.38. The summed E-state index contributed by atoms with van der Waals surface area (Å²) in [5, 5.41) is 21.3. The van der Waals surface area contributed by atoms with Crippen molar-refractivity contribution in [2.24, 2.45) is 5.92 Å². The van der Waals surface area contributed by atoms with Gasteiger partial charge in [0.2, 0.25) is 5.91 Å². The first-order valence-electron chi connectivity index (χ1n) is 8.58. The molecule has 1 aromatic rings. The first kappa shape index (κ1) is 22.5. The Balaban J connectivity index is 3.06. The van der Waals surface area contributed by atoms with E-state index in [1.807, 2.05) is 19.9 Å². The van der Waals surface area contributed by atoms with Crippen LogP contribution in [0.15, 0.2) is 11.1 Å². The maximum Gasteiger partial charge on any atom is 0.340 e. The van der Waals surface area contributed by atoms with Crippen molar-refractivity contribution >= 4 is 23.6 Å². The molecule has 0 aromatic carbocycles. The van der Waals surface area contributed by atoms with E-state index in [0.29, 0.717) is 10.7 Å². The van der Waals surface area contributed by atoms with Gasteiger partial charge in [0.25, 0.3) is 0 Å². The van der Waals surface area contributed by atoms with E-state index in [4.69, 9.17) is 4.74 Å². The van der Waals surface area contributed by atoms with Crippen LogP contribution in [0.3, 0.4) is 0 Å². The minimum Gasteiger partial charge on any atom is -0.462 e. The number of nitrogens with zero attached hydrogens (tertiary/aromatic N) is 3. The predicted molar refractivity (Wildman–Crippen MR) is 102 cm³/mol. The standard InChI is InChI=1S/C19H24N4O3S/c1-7-26-18(25)15-8-14(9-20)17(22-12(15)4)27-13(5)16(24)23-19(6,10-21)11(2)3/h8,11,13H,7H2,1-6H3,(H,23,24)/t13-,19-/m0/s1. The normalized spacial score (nSPS) is 13.8. The molecule has 0 aliphatic carbocycles. The van der Waals surface area contributed by atoms with Crippen LogP contribution >= 0.6 is 11.8 Å². The Bertz CT molecular complexity index is 810. The molecule has 0 aliphatic heterocycles. The Morgan fingerprint density at radius 2 is 2.00 bits per heavy atom. The molecule has 0 saturated carbocycles. The van der Waals surface area contributed by atoms with Crippen LogP contribution in [0.1, 0.15) is 56.2 Å². The van der Waals surface area contributed by atoms with Crippen molar-refractivity contribution in [3.05, 3.63) is 22.9 Å². The molecule has 0 radical (unpaired) electrons. The Hall–Kier alpha value is -2.58. The third kappa shape index (κ3) is 5.45. The molecule has 27 heavy (non-hydrogen) atoms. The number of nitrogens with one attached hydrogen (secondary N) is 1. The van der Waals surface area contributed by atoms with E-state index in [2.05, 4.69) is 16.4 Å². The molecule has 1 rings (SSSR count). The first-order chi connectivity index (χ1) is 12.6. The first-order valence-corrected chi connectivity index (χ1v) is 9.46. The number of hydrogen-bond donors (Lipinski definition) is 1. The van der Waals surface area contributed by atoms with E-state index < -0.39 is 16.8 Å². The fraction of sp³-hybridized carbons (Fsp3) is 0.526. The Kier molecular flexibility index (Phi) is 7.81. The molecule has 0 aliphatic rings. The van der Waals surface area contributed by atoms with Gasteiger partial charge in [0.15, 0.2) is 0 Å². The molecule has 7 nitrogen and oxygen atoms in total. The fourth-order valence-electron chi connectivity index (χ4n) is 2.05. The van der Waals surface area contributed by atoms with Gasteiger partial charge >= 0.3 is 5.97 Å². The van der Waals surface area contributed by atoms with Gasteiger partial charge in [0.1, 0.15) is 16.6 Å². The van der Waals surface area contributed by atoms with Crippen LogP contribution in [0, 0.1) is 35.5 Å². The van der Waals surface area contributed by atoms with E-state index in [0.717, 1.165) is 11.8 Å². The van der Waals surface area contributed by atoms with Crippen LogP contribution in [0.25, 0.3) is 0 Å². The van der Waals surface area contributed by atoms with Gasteiger partial charge in [0, 0.05) is 0 Å². The second-order valence-electron chi connectivity index (χ2n) is 6.52. The second-order valence-corrected chi connectivity index (χ2v) is 7.85. The number of hydrogen-bond acceptors (Lipinski definition) is 7. The van der Waals surface area contributed by atoms with Crippen molar-refractivity contribution < 1.29 is 14.3 Å². The number of carbonyl (C=O) groups is 2. The maximum atomic E-state index is 12.5. The molecule has 0 saturated heterocycles. The number of amides is 1. The number of aromatic nitrogens is 1. The predicted octanol–water partition coefficient (Wildman–Crippen LogP) is 2.97. The average molecular weight is 388 g/mol. The number of thioether (sulfide) groups is 1. The molecule has 0 fully saturated rings. The van der Waals surface area contributed by atoms with Crippen LogP contribution in [0.4, 0.5) is 0 Å². The summed E-state index contributed by atoms with van der Waals surface area (Å²) in [6, 6.07) is 5.57. The highest BCUT2D eigenvalue weighted by atomic mass is 32.2. The highest BCUT2D eigenvalue weighted by molar-refractivity contribution is 8.00. The quantitative estimate of drug-likeness (QED) is 0.564. The van der Waals surface area contributed by atoms with E-state index in [1.165, 1.54) is 6.07 Å². The lowest BCUT2D eigenvalue weighted by Gasteiger charge is -2.28. The van der Waals surface area contributed by atoms with Crippen LogP contribution in [0.2, 0.25) is 0 Å². The smallest absolute Gasteiger partial charge is 0.340 e. The third-order valence-corrected chi connectivity index (χ3v) is 5.32. The topological polar surface area (TPSA) is 116 Å². The van der Waals surface area contributed by atoms with Gasteiger partial charge in [-0.05, 0) is 39.7 Å². The van der Waals surface area contributed by atoms with E-state index in [9.17, 15) is 20.1 Å². The lowest BCUT2D eigenvalue weighted by Crippen LogP contribution is -2.51. The molecule has 1 heterocycles. The van der Waals surface area contributed by atoms with Gasteiger partial charge in [-0.25, -0.2) is 9.78 Å². The zero-order valence-corrected chi connectivity index (χ0v) is 17.2. The summed E-state index contributed by atoms with van der Waals surface area (Å²) < 4.78 is 4.97. The zero-order chi connectivity index (χ0) is 20.8. The van der Waals surface area contributed by atoms with Crippen molar-refractivity contribution in [1.29, 1.82) is 10.5 Å². The zero-order valence-electron chi connectivity index (χ0n) is 16.4. The van der Waals surface area contributed by atoms with Crippen LogP contribution in [-0.4, -0.2) is 34.3 Å². The minimum absolute atomic E-state index is 0.0671. The fourth-order valence-corrected chi connectivity index (χ4v) is 2.97. The Morgan fingerprint density at radius 3 is 2.48 bits per heavy atom. The summed E-state index contributed by atoms with van der Waals surface area (Å²) in [7, 11) is 0. The summed E-state index contributed by atoms with van der Waals surface area (Å²) in [5.74, 6) is -0.929. The van der Waals surface area contributed by atoms with Gasteiger partial charge in [-0.1, -0.05) is 25.6 Å². The summed E-state index contributed by atoms with van der Waals surface area (Å²) >= 11 is 1.11. The van der Waals surface area contributed by atoms with Crippen LogP contribution < -0.4 is 5.32 Å². The van der Waals surface area contributed by atoms with Gasteiger partial charge < -0.3 is 10.1 Å². The van der Waals surface area contributed by atoms with Gasteiger partial charge in [-0.2, -0.15) is 10.5 Å².